The molecule has 0 aliphatic heterocycles. The van der Waals surface area contributed by atoms with E-state index in [0.717, 1.165) is 19.4 Å². The van der Waals surface area contributed by atoms with Gasteiger partial charge < -0.3 is 10.1 Å². The maximum absolute atomic E-state index is 11.3. The van der Waals surface area contributed by atoms with Gasteiger partial charge in [-0.25, -0.2) is 0 Å². The van der Waals surface area contributed by atoms with Crippen molar-refractivity contribution in [2.45, 2.75) is 32.2 Å². The van der Waals surface area contributed by atoms with Crippen LogP contribution in [0.15, 0.2) is 60.7 Å². The second-order valence-corrected chi connectivity index (χ2v) is 5.47. The number of hydrogen-bond acceptors (Lipinski definition) is 3. The molecule has 0 spiro atoms. The Morgan fingerprint density at radius 1 is 0.957 bits per heavy atom. The van der Waals surface area contributed by atoms with Gasteiger partial charge in [0.1, 0.15) is 0 Å². The molecule has 0 aromatic heterocycles. The Bertz CT molecular complexity index is 529. The Balaban J connectivity index is 1.88. The monoisotopic (exact) mass is 311 g/mol. The highest BCUT2D eigenvalue weighted by Crippen LogP contribution is 2.21. The van der Waals surface area contributed by atoms with E-state index in [-0.39, 0.29) is 12.0 Å². The number of hydrogen-bond donors (Lipinski definition) is 1. The molecule has 0 saturated heterocycles. The second-order valence-electron chi connectivity index (χ2n) is 5.47. The molecule has 1 N–H and O–H groups in total. The van der Waals surface area contributed by atoms with Gasteiger partial charge in [0, 0.05) is 6.42 Å². The minimum Gasteiger partial charge on any atom is -0.466 e. The van der Waals surface area contributed by atoms with Crippen molar-refractivity contribution < 1.29 is 9.53 Å². The highest BCUT2D eigenvalue weighted by atomic mass is 16.5. The summed E-state index contributed by atoms with van der Waals surface area (Å²) in [4.78, 5) is 11.3. The van der Waals surface area contributed by atoms with Crippen molar-refractivity contribution in [3.63, 3.8) is 0 Å². The van der Waals surface area contributed by atoms with Gasteiger partial charge in [0.25, 0.3) is 0 Å². The van der Waals surface area contributed by atoms with Crippen LogP contribution in [0, 0.1) is 0 Å². The van der Waals surface area contributed by atoms with Gasteiger partial charge in [-0.15, -0.1) is 0 Å². The maximum Gasteiger partial charge on any atom is 0.305 e. The molecule has 2 aromatic rings. The lowest BCUT2D eigenvalue weighted by Crippen LogP contribution is -2.23. The van der Waals surface area contributed by atoms with E-state index in [9.17, 15) is 4.79 Å². The second kappa shape index (κ2) is 9.80. The van der Waals surface area contributed by atoms with Gasteiger partial charge in [0.2, 0.25) is 0 Å². The number of rotatable bonds is 9. The van der Waals surface area contributed by atoms with Crippen LogP contribution < -0.4 is 5.32 Å². The summed E-state index contributed by atoms with van der Waals surface area (Å²) in [5.41, 5.74) is 2.51. The van der Waals surface area contributed by atoms with Crippen LogP contribution in [-0.4, -0.2) is 19.1 Å². The summed E-state index contributed by atoms with van der Waals surface area (Å²) < 4.78 is 4.95. The first-order chi connectivity index (χ1) is 11.3. The SMILES string of the molecule is CCOC(=O)CCCCNC(c1ccccc1)c1ccccc1. The Morgan fingerprint density at radius 3 is 2.04 bits per heavy atom. The van der Waals surface area contributed by atoms with Crippen molar-refractivity contribution in [2.24, 2.45) is 0 Å². The molecule has 0 unspecified atom stereocenters. The molecule has 2 aromatic carbocycles. The lowest BCUT2D eigenvalue weighted by atomic mass is 9.98. The van der Waals surface area contributed by atoms with Crippen LogP contribution in [0.5, 0.6) is 0 Å². The van der Waals surface area contributed by atoms with Crippen LogP contribution in [-0.2, 0) is 9.53 Å². The van der Waals surface area contributed by atoms with Gasteiger partial charge in [0.15, 0.2) is 0 Å². The molecule has 2 rings (SSSR count). The fourth-order valence-electron chi connectivity index (χ4n) is 2.59. The van der Waals surface area contributed by atoms with E-state index in [4.69, 9.17) is 4.74 Å². The molecule has 0 amide bonds. The molecular weight excluding hydrogens is 286 g/mol. The van der Waals surface area contributed by atoms with Crippen LogP contribution in [0.25, 0.3) is 0 Å². The number of esters is 1. The molecule has 0 aliphatic carbocycles. The summed E-state index contributed by atoms with van der Waals surface area (Å²) in [6.45, 7) is 3.17. The van der Waals surface area contributed by atoms with Gasteiger partial charge >= 0.3 is 5.97 Å². The first kappa shape index (κ1) is 17.2. The van der Waals surface area contributed by atoms with Crippen molar-refractivity contribution in [1.29, 1.82) is 0 Å². The molecule has 122 valence electrons. The maximum atomic E-state index is 11.3. The molecule has 0 fully saturated rings. The minimum absolute atomic E-state index is 0.102. The highest BCUT2D eigenvalue weighted by Gasteiger charge is 2.12. The highest BCUT2D eigenvalue weighted by molar-refractivity contribution is 5.69. The van der Waals surface area contributed by atoms with Gasteiger partial charge in [-0.05, 0) is 37.4 Å². The standard InChI is InChI=1S/C20H25NO2/c1-2-23-19(22)15-9-10-16-21-20(17-11-5-3-6-12-17)18-13-7-4-8-14-18/h3-8,11-14,20-21H,2,9-10,15-16H2,1H3. The number of unbranched alkanes of at least 4 members (excludes halogenated alkanes) is 1. The number of benzene rings is 2. The van der Waals surface area contributed by atoms with Gasteiger partial charge in [-0.3, -0.25) is 4.79 Å². The van der Waals surface area contributed by atoms with Crippen molar-refractivity contribution >= 4 is 5.97 Å². The van der Waals surface area contributed by atoms with E-state index in [2.05, 4.69) is 53.8 Å². The van der Waals surface area contributed by atoms with Crippen LogP contribution in [0.4, 0.5) is 0 Å². The van der Waals surface area contributed by atoms with Crippen molar-refractivity contribution in [3.8, 4) is 0 Å². The van der Waals surface area contributed by atoms with Crippen molar-refractivity contribution in [3.05, 3.63) is 71.8 Å². The number of carbonyl (C=O) groups excluding carboxylic acids is 1. The average molecular weight is 311 g/mol. The summed E-state index contributed by atoms with van der Waals surface area (Å²) >= 11 is 0. The molecule has 3 nitrogen and oxygen atoms in total. The summed E-state index contributed by atoms with van der Waals surface area (Å²) in [5, 5.41) is 3.61. The summed E-state index contributed by atoms with van der Waals surface area (Å²) in [5.74, 6) is -0.102. The van der Waals surface area contributed by atoms with Crippen molar-refractivity contribution in [2.75, 3.05) is 13.2 Å². The average Bonchev–Trinajstić information content (AvgIpc) is 2.60. The lowest BCUT2D eigenvalue weighted by molar-refractivity contribution is -0.143. The number of ether oxygens (including phenoxy) is 1. The minimum atomic E-state index is -0.102. The van der Waals surface area contributed by atoms with Gasteiger partial charge in [-0.2, -0.15) is 0 Å². The fraction of sp³-hybridized carbons (Fsp3) is 0.350. The molecule has 3 heteroatoms. The van der Waals surface area contributed by atoms with E-state index >= 15 is 0 Å². The summed E-state index contributed by atoms with van der Waals surface area (Å²) in [7, 11) is 0. The largest absolute Gasteiger partial charge is 0.466 e. The quantitative estimate of drug-likeness (QED) is 0.560. The number of nitrogens with one attached hydrogen (secondary N) is 1. The smallest absolute Gasteiger partial charge is 0.305 e. The summed E-state index contributed by atoms with van der Waals surface area (Å²) in [6, 6.07) is 21.1. The Labute approximate surface area is 138 Å². The van der Waals surface area contributed by atoms with Crippen LogP contribution in [0.2, 0.25) is 0 Å². The fourth-order valence-corrected chi connectivity index (χ4v) is 2.59. The van der Waals surface area contributed by atoms with E-state index in [0.29, 0.717) is 13.0 Å². The van der Waals surface area contributed by atoms with Gasteiger partial charge in [-0.1, -0.05) is 60.7 Å². The predicted octanol–water partition coefficient (Wildman–Crippen LogP) is 4.10. The van der Waals surface area contributed by atoms with Gasteiger partial charge in [0.05, 0.1) is 12.6 Å². The topological polar surface area (TPSA) is 38.3 Å². The van der Waals surface area contributed by atoms with Crippen LogP contribution in [0.3, 0.4) is 0 Å². The molecule has 0 bridgehead atoms. The summed E-state index contributed by atoms with van der Waals surface area (Å²) in [6.07, 6.45) is 2.30. The first-order valence-corrected chi connectivity index (χ1v) is 8.30. The van der Waals surface area contributed by atoms with E-state index in [1.807, 2.05) is 19.1 Å². The first-order valence-electron chi connectivity index (χ1n) is 8.30. The third-order valence-corrected chi connectivity index (χ3v) is 3.73. The zero-order valence-corrected chi connectivity index (χ0v) is 13.7. The Kier molecular flexibility index (Phi) is 7.34. The van der Waals surface area contributed by atoms with Crippen LogP contribution >= 0.6 is 0 Å². The molecule has 0 aliphatic rings. The van der Waals surface area contributed by atoms with Crippen LogP contribution in [0.1, 0.15) is 43.4 Å². The zero-order chi connectivity index (χ0) is 16.3. The normalized spacial score (nSPS) is 10.7. The number of carbonyl (C=O) groups is 1. The van der Waals surface area contributed by atoms with E-state index < -0.39 is 0 Å². The molecule has 0 radical (unpaired) electrons. The lowest BCUT2D eigenvalue weighted by Gasteiger charge is -2.20. The Morgan fingerprint density at radius 2 is 1.52 bits per heavy atom. The Hall–Kier alpha value is -2.13. The molecule has 0 heterocycles. The molecular formula is C20H25NO2. The third-order valence-electron chi connectivity index (χ3n) is 3.73. The predicted molar refractivity (Wildman–Crippen MR) is 93.2 cm³/mol. The van der Waals surface area contributed by atoms with E-state index in [1.165, 1.54) is 11.1 Å². The zero-order valence-electron chi connectivity index (χ0n) is 13.7. The molecule has 23 heavy (non-hydrogen) atoms. The molecule has 0 saturated carbocycles. The van der Waals surface area contributed by atoms with Crippen molar-refractivity contribution in [1.82, 2.24) is 5.32 Å². The third kappa shape index (κ3) is 5.87. The van der Waals surface area contributed by atoms with E-state index in [1.54, 1.807) is 0 Å². The molecule has 0 atom stereocenters.